The van der Waals surface area contributed by atoms with Crippen molar-refractivity contribution in [3.8, 4) is 17.6 Å². The topological polar surface area (TPSA) is 35.2 Å². The average Bonchev–Trinajstić information content (AvgIpc) is 2.35. The highest BCUT2D eigenvalue weighted by Crippen LogP contribution is 2.12. The molecule has 0 amide bonds. The Morgan fingerprint density at radius 1 is 1.41 bits per heavy atom. The lowest BCUT2D eigenvalue weighted by Gasteiger charge is -2.04. The third kappa shape index (κ3) is 5.42. The molecule has 1 rings (SSSR count). The van der Waals surface area contributed by atoms with Crippen LogP contribution in [0.2, 0.25) is 0 Å². The minimum atomic E-state index is 0.452. The summed E-state index contributed by atoms with van der Waals surface area (Å²) in [4.78, 5) is 0. The van der Waals surface area contributed by atoms with E-state index in [0.29, 0.717) is 19.1 Å². The normalized spacial score (nSPS) is 11.5. The molecule has 2 N–H and O–H groups in total. The molecule has 0 saturated carbocycles. The Morgan fingerprint density at radius 2 is 2.24 bits per heavy atom. The van der Waals surface area contributed by atoms with E-state index in [9.17, 15) is 0 Å². The van der Waals surface area contributed by atoms with E-state index in [-0.39, 0.29) is 0 Å². The van der Waals surface area contributed by atoms with Crippen LogP contribution < -0.4 is 10.5 Å². The Labute approximate surface area is 104 Å². The number of nitrogens with two attached hydrogens (primary N) is 1. The molecule has 0 aliphatic heterocycles. The maximum absolute atomic E-state index is 5.46. The molecular formula is C15H21NO. The highest BCUT2D eigenvalue weighted by Gasteiger charge is 1.96. The van der Waals surface area contributed by atoms with Crippen LogP contribution in [0.5, 0.6) is 5.75 Å². The van der Waals surface area contributed by atoms with E-state index in [4.69, 9.17) is 10.5 Å². The van der Waals surface area contributed by atoms with Crippen molar-refractivity contribution < 1.29 is 4.74 Å². The van der Waals surface area contributed by atoms with E-state index in [1.807, 2.05) is 24.3 Å². The maximum atomic E-state index is 5.46. The summed E-state index contributed by atoms with van der Waals surface area (Å²) >= 11 is 0. The lowest BCUT2D eigenvalue weighted by atomic mass is 10.1. The molecule has 1 atom stereocenters. The van der Waals surface area contributed by atoms with Crippen molar-refractivity contribution in [1.82, 2.24) is 0 Å². The van der Waals surface area contributed by atoms with Gasteiger partial charge in [0, 0.05) is 18.0 Å². The molecule has 1 aromatic rings. The van der Waals surface area contributed by atoms with Gasteiger partial charge in [0.05, 0.1) is 0 Å². The molecule has 0 bridgehead atoms. The first-order valence-corrected chi connectivity index (χ1v) is 6.20. The third-order valence-corrected chi connectivity index (χ3v) is 2.41. The molecule has 92 valence electrons. The highest BCUT2D eigenvalue weighted by atomic mass is 16.5. The van der Waals surface area contributed by atoms with E-state index in [0.717, 1.165) is 17.7 Å². The smallest absolute Gasteiger partial charge is 0.120 e. The second kappa shape index (κ2) is 7.76. The van der Waals surface area contributed by atoms with E-state index >= 15 is 0 Å². The minimum Gasteiger partial charge on any atom is -0.492 e. The van der Waals surface area contributed by atoms with Crippen LogP contribution in [0.1, 0.15) is 32.3 Å². The Hall–Kier alpha value is -1.46. The van der Waals surface area contributed by atoms with Gasteiger partial charge in [-0.3, -0.25) is 0 Å². The van der Waals surface area contributed by atoms with Crippen molar-refractivity contribution in [3.63, 3.8) is 0 Å². The zero-order chi connectivity index (χ0) is 12.5. The number of hydrogen-bond donors (Lipinski definition) is 1. The summed E-state index contributed by atoms with van der Waals surface area (Å²) in [5.74, 6) is 7.73. The molecule has 0 fully saturated rings. The Morgan fingerprint density at radius 3 is 2.94 bits per heavy atom. The first kappa shape index (κ1) is 13.6. The molecule has 0 aliphatic carbocycles. The van der Waals surface area contributed by atoms with Gasteiger partial charge in [-0.1, -0.05) is 38.2 Å². The summed E-state index contributed by atoms with van der Waals surface area (Å²) in [6, 6.07) is 7.85. The summed E-state index contributed by atoms with van der Waals surface area (Å²) < 4.78 is 5.46. The molecule has 0 spiro atoms. The third-order valence-electron chi connectivity index (χ3n) is 2.41. The van der Waals surface area contributed by atoms with Gasteiger partial charge in [0.15, 0.2) is 0 Å². The predicted molar refractivity (Wildman–Crippen MR) is 71.9 cm³/mol. The molecule has 0 saturated heterocycles. The molecule has 1 unspecified atom stereocenters. The summed E-state index contributed by atoms with van der Waals surface area (Å²) in [5, 5.41) is 0. The Balaban J connectivity index is 2.64. The second-order valence-electron chi connectivity index (χ2n) is 4.12. The lowest BCUT2D eigenvalue weighted by molar-refractivity contribution is 0.328. The van der Waals surface area contributed by atoms with Crippen molar-refractivity contribution in [2.45, 2.75) is 26.7 Å². The Bertz CT molecular complexity index is 389. The van der Waals surface area contributed by atoms with Crippen LogP contribution in [-0.4, -0.2) is 13.2 Å². The summed E-state index contributed by atoms with van der Waals surface area (Å²) in [6.45, 7) is 5.41. The molecule has 1 aromatic carbocycles. The molecule has 2 nitrogen and oxygen atoms in total. The van der Waals surface area contributed by atoms with Gasteiger partial charge in [0.2, 0.25) is 0 Å². The largest absolute Gasteiger partial charge is 0.492 e. The van der Waals surface area contributed by atoms with Crippen molar-refractivity contribution in [3.05, 3.63) is 29.8 Å². The predicted octanol–water partition coefficient (Wildman–Crippen LogP) is 2.81. The highest BCUT2D eigenvalue weighted by molar-refractivity contribution is 5.40. The summed E-state index contributed by atoms with van der Waals surface area (Å²) in [7, 11) is 0. The molecule has 0 aromatic heterocycles. The van der Waals surface area contributed by atoms with Gasteiger partial charge < -0.3 is 10.5 Å². The van der Waals surface area contributed by atoms with Gasteiger partial charge in [-0.2, -0.15) is 0 Å². The maximum Gasteiger partial charge on any atom is 0.120 e. The summed E-state index contributed by atoms with van der Waals surface area (Å²) in [5.41, 5.74) is 6.40. The number of rotatable bonds is 5. The van der Waals surface area contributed by atoms with Gasteiger partial charge in [-0.15, -0.1) is 0 Å². The van der Waals surface area contributed by atoms with Crippen LogP contribution >= 0.6 is 0 Å². The molecule has 0 heterocycles. The first-order valence-electron chi connectivity index (χ1n) is 6.20. The van der Waals surface area contributed by atoms with Crippen molar-refractivity contribution in [2.75, 3.05) is 13.2 Å². The van der Waals surface area contributed by atoms with E-state index in [2.05, 4.69) is 25.7 Å². The van der Waals surface area contributed by atoms with Gasteiger partial charge in [0.25, 0.3) is 0 Å². The van der Waals surface area contributed by atoms with Gasteiger partial charge in [-0.05, 0) is 24.6 Å². The van der Waals surface area contributed by atoms with Crippen LogP contribution in [0.3, 0.4) is 0 Å². The SMILES string of the molecule is CCCC(C)C#Cc1cccc(OCCN)c1. The van der Waals surface area contributed by atoms with Crippen LogP contribution in [0.15, 0.2) is 24.3 Å². The van der Waals surface area contributed by atoms with Crippen molar-refractivity contribution in [1.29, 1.82) is 0 Å². The zero-order valence-corrected chi connectivity index (χ0v) is 10.7. The molecule has 0 radical (unpaired) electrons. The van der Waals surface area contributed by atoms with Crippen LogP contribution in [0.4, 0.5) is 0 Å². The number of benzene rings is 1. The van der Waals surface area contributed by atoms with Crippen LogP contribution in [0.25, 0.3) is 0 Å². The minimum absolute atomic E-state index is 0.452. The standard InChI is InChI=1S/C15H21NO/c1-3-5-13(2)8-9-14-6-4-7-15(12-14)17-11-10-16/h4,6-7,12-13H,3,5,10-11,16H2,1-2H3. The van der Waals surface area contributed by atoms with Crippen molar-refractivity contribution in [2.24, 2.45) is 11.7 Å². The van der Waals surface area contributed by atoms with E-state index < -0.39 is 0 Å². The molecule has 2 heteroatoms. The van der Waals surface area contributed by atoms with E-state index in [1.165, 1.54) is 6.42 Å². The number of ether oxygens (including phenoxy) is 1. The summed E-state index contributed by atoms with van der Waals surface area (Å²) in [6.07, 6.45) is 2.33. The van der Waals surface area contributed by atoms with Crippen LogP contribution in [0, 0.1) is 17.8 Å². The lowest BCUT2D eigenvalue weighted by Crippen LogP contribution is -2.10. The fourth-order valence-corrected chi connectivity index (χ4v) is 1.55. The second-order valence-corrected chi connectivity index (χ2v) is 4.12. The average molecular weight is 231 g/mol. The molecule has 17 heavy (non-hydrogen) atoms. The first-order chi connectivity index (χ1) is 8.26. The number of hydrogen-bond acceptors (Lipinski definition) is 2. The van der Waals surface area contributed by atoms with Gasteiger partial charge in [-0.25, -0.2) is 0 Å². The van der Waals surface area contributed by atoms with Gasteiger partial charge in [0.1, 0.15) is 12.4 Å². The fourth-order valence-electron chi connectivity index (χ4n) is 1.55. The fraction of sp³-hybridized carbons (Fsp3) is 0.467. The molecular weight excluding hydrogens is 210 g/mol. The molecule has 0 aliphatic rings. The monoisotopic (exact) mass is 231 g/mol. The van der Waals surface area contributed by atoms with Crippen molar-refractivity contribution >= 4 is 0 Å². The Kier molecular flexibility index (Phi) is 6.21. The quantitative estimate of drug-likeness (QED) is 0.791. The van der Waals surface area contributed by atoms with Crippen LogP contribution in [-0.2, 0) is 0 Å². The van der Waals surface area contributed by atoms with E-state index in [1.54, 1.807) is 0 Å². The van der Waals surface area contributed by atoms with Gasteiger partial charge >= 0.3 is 0 Å². The zero-order valence-electron chi connectivity index (χ0n) is 10.7.